The molecule has 0 unspecified atom stereocenters. The fourth-order valence-corrected chi connectivity index (χ4v) is 19.2. The molecule has 0 aliphatic heterocycles. The number of hydrogen-bond donors (Lipinski definition) is 0. The van der Waals surface area contributed by atoms with Crippen LogP contribution in [0.15, 0.2) is 497 Å². The molecule has 2 heteroatoms. The van der Waals surface area contributed by atoms with Crippen molar-refractivity contribution >= 4 is 34.1 Å². The molecule has 0 saturated carbocycles. The van der Waals surface area contributed by atoms with Crippen molar-refractivity contribution in [3.05, 3.63) is 520 Å². The lowest BCUT2D eigenvalue weighted by molar-refractivity contribution is 0.660. The molecule has 2 nitrogen and oxygen atoms in total. The van der Waals surface area contributed by atoms with Crippen LogP contribution in [0.2, 0.25) is 0 Å². The summed E-state index contributed by atoms with van der Waals surface area (Å²) in [6.45, 7) is 9.52. The molecule has 20 aromatic carbocycles. The standard InChI is InChI=1S/2C63H47N/c1-63(2)61-42-55(48-26-24-47(25-27-48)44-14-6-3-7-15-44)32-38-59(61)60-39-37-58(43-62(60)63)64(56-33-28-49(29-34-56)53-22-12-20-51(40-53)45-16-8-4-9-17-45)57-35-30-50(31-36-57)54-23-13-21-52(41-54)46-18-10-5-11-19-46;1-63(2)61-42-55(51-27-25-48(26-28-51)45-15-8-4-9-16-45)33-39-59(61)60-40-38-58(43-62(60)63)64(56-34-29-50(30-35-56)49-23-21-47(22-24-49)44-13-6-3-7-14-44)57-36-31-52(32-37-57)54-20-12-19-53(41-54)46-17-10-5-11-18-46/h2*3-43H,1-2H3. The Bertz CT molecular complexity index is 7230. The van der Waals surface area contributed by atoms with Crippen LogP contribution in [0, 0.1) is 0 Å². The first kappa shape index (κ1) is 79.2. The molecule has 0 atom stereocenters. The normalized spacial score (nSPS) is 12.3. The van der Waals surface area contributed by atoms with Gasteiger partial charge in [0, 0.05) is 45.0 Å². The molecule has 20 aromatic rings. The summed E-state index contributed by atoms with van der Waals surface area (Å²) in [6, 6.07) is 181. The van der Waals surface area contributed by atoms with Crippen LogP contribution in [0.4, 0.5) is 34.1 Å². The van der Waals surface area contributed by atoms with Gasteiger partial charge in [0.05, 0.1) is 0 Å². The van der Waals surface area contributed by atoms with Crippen molar-refractivity contribution in [1.29, 1.82) is 0 Å². The van der Waals surface area contributed by atoms with Crippen molar-refractivity contribution in [2.45, 2.75) is 38.5 Å². The Hall–Kier alpha value is -16.0. The van der Waals surface area contributed by atoms with E-state index in [1.165, 1.54) is 178 Å². The van der Waals surface area contributed by atoms with Crippen molar-refractivity contribution < 1.29 is 0 Å². The smallest absolute Gasteiger partial charge is 0.0465 e. The average molecular weight is 1640 g/mol. The lowest BCUT2D eigenvalue weighted by atomic mass is 9.81. The number of rotatable bonds is 18. The molecule has 2 aliphatic rings. The molecular formula is C126H94N2. The number of anilines is 6. The zero-order valence-corrected chi connectivity index (χ0v) is 72.2. The molecule has 0 spiro atoms. The maximum atomic E-state index is 2.43. The molecule has 0 aromatic heterocycles. The van der Waals surface area contributed by atoms with Crippen LogP contribution in [0.3, 0.4) is 0 Å². The quantitative estimate of drug-likeness (QED) is 0.0845. The van der Waals surface area contributed by atoms with Gasteiger partial charge < -0.3 is 9.80 Å². The zero-order chi connectivity index (χ0) is 86.1. The van der Waals surface area contributed by atoms with Gasteiger partial charge in [-0.15, -0.1) is 0 Å². The lowest BCUT2D eigenvalue weighted by Gasteiger charge is -2.28. The number of hydrogen-bond acceptors (Lipinski definition) is 2. The second-order valence-electron chi connectivity index (χ2n) is 34.8. The Labute approximate surface area is 752 Å². The summed E-state index contributed by atoms with van der Waals surface area (Å²) < 4.78 is 0. The largest absolute Gasteiger partial charge is 0.310 e. The van der Waals surface area contributed by atoms with Crippen molar-refractivity contribution in [2.75, 3.05) is 9.80 Å². The number of nitrogens with zero attached hydrogens (tertiary/aromatic N) is 2. The molecular weight excluding hydrogens is 1540 g/mol. The van der Waals surface area contributed by atoms with Crippen LogP contribution in [-0.4, -0.2) is 0 Å². The van der Waals surface area contributed by atoms with Crippen molar-refractivity contribution in [3.8, 4) is 156 Å². The summed E-state index contributed by atoms with van der Waals surface area (Å²) in [5.74, 6) is 0. The van der Waals surface area contributed by atoms with Crippen LogP contribution in [0.5, 0.6) is 0 Å². The monoisotopic (exact) mass is 1630 g/mol. The van der Waals surface area contributed by atoms with E-state index >= 15 is 0 Å². The van der Waals surface area contributed by atoms with E-state index in [9.17, 15) is 0 Å². The Morgan fingerprint density at radius 2 is 0.258 bits per heavy atom. The third-order valence-corrected chi connectivity index (χ3v) is 26.2. The molecule has 0 radical (unpaired) electrons. The minimum absolute atomic E-state index is 0.199. The van der Waals surface area contributed by atoms with Gasteiger partial charge in [-0.05, 0) is 281 Å². The van der Waals surface area contributed by atoms with Gasteiger partial charge in [0.2, 0.25) is 0 Å². The van der Waals surface area contributed by atoms with Crippen molar-refractivity contribution in [1.82, 2.24) is 0 Å². The minimum atomic E-state index is -0.201. The Balaban J connectivity index is 0.000000156. The minimum Gasteiger partial charge on any atom is -0.310 e. The Morgan fingerprint density at radius 1 is 0.117 bits per heavy atom. The maximum Gasteiger partial charge on any atom is 0.0465 e. The highest BCUT2D eigenvalue weighted by Gasteiger charge is 2.38. The summed E-state index contributed by atoms with van der Waals surface area (Å²) in [4.78, 5) is 4.82. The second-order valence-corrected chi connectivity index (χ2v) is 34.8. The fourth-order valence-electron chi connectivity index (χ4n) is 19.2. The molecule has 0 saturated heterocycles. The van der Waals surface area contributed by atoms with Crippen molar-refractivity contribution in [2.24, 2.45) is 0 Å². The van der Waals surface area contributed by atoms with E-state index in [-0.39, 0.29) is 10.8 Å². The van der Waals surface area contributed by atoms with Gasteiger partial charge in [-0.3, -0.25) is 0 Å². The van der Waals surface area contributed by atoms with Crippen LogP contribution in [0.1, 0.15) is 49.9 Å². The van der Waals surface area contributed by atoms with E-state index in [1.807, 2.05) is 0 Å². The highest BCUT2D eigenvalue weighted by atomic mass is 15.1. The summed E-state index contributed by atoms with van der Waals surface area (Å²) in [5.41, 5.74) is 46.1. The lowest BCUT2D eigenvalue weighted by Crippen LogP contribution is -2.16. The molecule has 0 bridgehead atoms. The van der Waals surface area contributed by atoms with Gasteiger partial charge in [0.15, 0.2) is 0 Å². The summed E-state index contributed by atoms with van der Waals surface area (Å²) >= 11 is 0. The number of benzene rings is 20. The maximum absolute atomic E-state index is 2.43. The topological polar surface area (TPSA) is 6.48 Å². The summed E-state index contributed by atoms with van der Waals surface area (Å²) in [7, 11) is 0. The van der Waals surface area contributed by atoms with Crippen molar-refractivity contribution in [3.63, 3.8) is 0 Å². The summed E-state index contributed by atoms with van der Waals surface area (Å²) in [6.07, 6.45) is 0. The third kappa shape index (κ3) is 15.8. The second kappa shape index (κ2) is 34.3. The van der Waals surface area contributed by atoms with Gasteiger partial charge in [0.1, 0.15) is 0 Å². The van der Waals surface area contributed by atoms with Crippen LogP contribution < -0.4 is 9.80 Å². The average Bonchev–Trinajstić information content (AvgIpc) is 1.57. The predicted molar refractivity (Wildman–Crippen MR) is 543 cm³/mol. The van der Waals surface area contributed by atoms with E-state index < -0.39 is 0 Å². The van der Waals surface area contributed by atoms with E-state index in [0.717, 1.165) is 34.1 Å². The fraction of sp³-hybridized carbons (Fsp3) is 0.0476. The molecule has 2 aliphatic carbocycles. The van der Waals surface area contributed by atoms with Crippen LogP contribution >= 0.6 is 0 Å². The SMILES string of the molecule is CC1(C)c2cc(-c3ccc(-c4ccccc4)cc3)ccc2-c2ccc(N(c3ccc(-c4ccc(-c5ccccc5)cc4)cc3)c3ccc(-c4cccc(-c5ccccc5)c4)cc3)cc21.CC1(C)c2cc(-c3ccc(-c4ccccc4)cc3)ccc2-c2ccc(N(c3ccc(-c4cccc(-c5ccccc5)c4)cc3)c3ccc(-c4cccc(-c5ccccc5)c4)cc3)cc21. The third-order valence-electron chi connectivity index (χ3n) is 26.2. The number of fused-ring (bicyclic) bond motifs is 6. The van der Waals surface area contributed by atoms with E-state index in [1.54, 1.807) is 0 Å². The molecule has 0 heterocycles. The highest BCUT2D eigenvalue weighted by Crippen LogP contribution is 2.55. The molecule has 0 N–H and O–H groups in total. The molecule has 608 valence electrons. The Morgan fingerprint density at radius 3 is 0.477 bits per heavy atom. The highest BCUT2D eigenvalue weighted by molar-refractivity contribution is 5.92. The summed E-state index contributed by atoms with van der Waals surface area (Å²) in [5, 5.41) is 0. The zero-order valence-electron chi connectivity index (χ0n) is 72.2. The molecule has 22 rings (SSSR count). The first-order valence-corrected chi connectivity index (χ1v) is 44.5. The van der Waals surface area contributed by atoms with E-state index in [0.29, 0.717) is 0 Å². The van der Waals surface area contributed by atoms with Gasteiger partial charge in [-0.25, -0.2) is 0 Å². The van der Waals surface area contributed by atoms with Gasteiger partial charge in [-0.1, -0.05) is 422 Å². The predicted octanol–water partition coefficient (Wildman–Crippen LogP) is 34.9. The van der Waals surface area contributed by atoms with Gasteiger partial charge >= 0.3 is 0 Å². The Kier molecular flexibility index (Phi) is 21.2. The molecule has 128 heavy (non-hydrogen) atoms. The van der Waals surface area contributed by atoms with Crippen LogP contribution in [0.25, 0.3) is 156 Å². The van der Waals surface area contributed by atoms with Gasteiger partial charge in [-0.2, -0.15) is 0 Å². The first-order valence-electron chi connectivity index (χ1n) is 44.5. The van der Waals surface area contributed by atoms with E-state index in [2.05, 4.69) is 535 Å². The van der Waals surface area contributed by atoms with Crippen LogP contribution in [-0.2, 0) is 10.8 Å². The molecule has 0 amide bonds. The van der Waals surface area contributed by atoms with E-state index in [4.69, 9.17) is 0 Å². The first-order chi connectivity index (χ1) is 62.9. The van der Waals surface area contributed by atoms with Gasteiger partial charge in [0.25, 0.3) is 0 Å². The molecule has 0 fully saturated rings.